The summed E-state index contributed by atoms with van der Waals surface area (Å²) in [5.41, 5.74) is 1.06. The van der Waals surface area contributed by atoms with Crippen LogP contribution < -0.4 is 5.32 Å². The molecule has 2 rings (SSSR count). The van der Waals surface area contributed by atoms with Crippen LogP contribution in [0.5, 0.6) is 0 Å². The predicted octanol–water partition coefficient (Wildman–Crippen LogP) is 3.79. The van der Waals surface area contributed by atoms with Crippen LogP contribution in [0.25, 0.3) is 0 Å². The van der Waals surface area contributed by atoms with E-state index in [2.05, 4.69) is 27.9 Å². The number of hydrogen-bond acceptors (Lipinski definition) is 2. The minimum atomic E-state index is -0.278. The molecule has 1 amide bonds. The van der Waals surface area contributed by atoms with E-state index in [0.717, 1.165) is 9.26 Å². The van der Waals surface area contributed by atoms with E-state index in [9.17, 15) is 4.79 Å². The number of furan rings is 1. The summed E-state index contributed by atoms with van der Waals surface area (Å²) in [5, 5.41) is 2.83. The Morgan fingerprint density at radius 3 is 2.50 bits per heavy atom. The first-order valence-electron chi connectivity index (χ1n) is 4.47. The summed E-state index contributed by atoms with van der Waals surface area (Å²) in [6, 6.07) is 9.01. The smallest absolute Gasteiger partial charge is 0.260 e. The fourth-order valence-electron chi connectivity index (χ4n) is 1.19. The van der Waals surface area contributed by atoms with Crippen molar-refractivity contribution >= 4 is 45.8 Å². The van der Waals surface area contributed by atoms with Gasteiger partial charge in [-0.3, -0.25) is 4.79 Å². The van der Waals surface area contributed by atoms with Gasteiger partial charge in [0.25, 0.3) is 5.91 Å². The largest absolute Gasteiger partial charge is 0.452 e. The summed E-state index contributed by atoms with van der Waals surface area (Å²) in [5.74, 6) is -0.278. The lowest BCUT2D eigenvalue weighted by molar-refractivity contribution is 0.102. The zero-order chi connectivity index (χ0) is 11.5. The number of carbonyl (C=O) groups is 1. The summed E-state index contributed by atoms with van der Waals surface area (Å²) in [6.07, 6.45) is 1.38. The van der Waals surface area contributed by atoms with Gasteiger partial charge in [0, 0.05) is 9.26 Å². The molecule has 0 saturated carbocycles. The molecule has 0 fully saturated rings. The van der Waals surface area contributed by atoms with Crippen LogP contribution in [0.3, 0.4) is 0 Å². The molecule has 1 aromatic heterocycles. The molecule has 0 unspecified atom stereocenters. The molecule has 3 nitrogen and oxygen atoms in total. The normalized spacial score (nSPS) is 10.1. The molecule has 5 heteroatoms. The first-order chi connectivity index (χ1) is 7.66. The Bertz CT molecular complexity index is 507. The average Bonchev–Trinajstić information content (AvgIpc) is 2.68. The van der Waals surface area contributed by atoms with Crippen molar-refractivity contribution in [1.29, 1.82) is 0 Å². The first kappa shape index (κ1) is 11.5. The second-order valence-corrected chi connectivity index (χ2v) is 4.66. The van der Waals surface area contributed by atoms with Crippen LogP contribution in [0.1, 0.15) is 10.4 Å². The molecule has 1 heterocycles. The molecule has 16 heavy (non-hydrogen) atoms. The SMILES string of the molecule is O=C(Nc1ccc(I)cc1)c1ccoc1Cl. The van der Waals surface area contributed by atoms with Crippen molar-refractivity contribution in [2.45, 2.75) is 0 Å². The highest BCUT2D eigenvalue weighted by Crippen LogP contribution is 2.18. The van der Waals surface area contributed by atoms with E-state index in [0.29, 0.717) is 5.56 Å². The van der Waals surface area contributed by atoms with Gasteiger partial charge in [0.05, 0.1) is 11.8 Å². The molecule has 0 saturated heterocycles. The van der Waals surface area contributed by atoms with Gasteiger partial charge in [-0.25, -0.2) is 0 Å². The average molecular weight is 348 g/mol. The molecule has 1 aromatic carbocycles. The molecule has 0 aliphatic heterocycles. The van der Waals surface area contributed by atoms with Crippen LogP contribution in [0.4, 0.5) is 5.69 Å². The molecule has 0 aliphatic rings. The number of rotatable bonds is 2. The number of carbonyl (C=O) groups excluding carboxylic acids is 1. The summed E-state index contributed by atoms with van der Waals surface area (Å²) in [7, 11) is 0. The third-order valence-corrected chi connectivity index (χ3v) is 2.98. The van der Waals surface area contributed by atoms with Gasteiger partial charge in [0.15, 0.2) is 0 Å². The van der Waals surface area contributed by atoms with Gasteiger partial charge in [-0.1, -0.05) is 0 Å². The van der Waals surface area contributed by atoms with Gasteiger partial charge in [-0.2, -0.15) is 0 Å². The molecule has 0 aliphatic carbocycles. The Morgan fingerprint density at radius 2 is 1.94 bits per heavy atom. The summed E-state index contributed by atoms with van der Waals surface area (Å²) < 4.78 is 5.95. The fourth-order valence-corrected chi connectivity index (χ4v) is 1.75. The second-order valence-electron chi connectivity index (χ2n) is 3.07. The van der Waals surface area contributed by atoms with E-state index in [1.54, 1.807) is 0 Å². The number of benzene rings is 1. The van der Waals surface area contributed by atoms with Crippen LogP contribution in [-0.2, 0) is 0 Å². The Hall–Kier alpha value is -1.01. The van der Waals surface area contributed by atoms with Gasteiger partial charge in [-0.05, 0) is 64.5 Å². The van der Waals surface area contributed by atoms with Crippen molar-refractivity contribution in [3.8, 4) is 0 Å². The molecule has 0 atom stereocenters. The van der Waals surface area contributed by atoms with E-state index in [1.165, 1.54) is 12.3 Å². The van der Waals surface area contributed by atoms with Crippen LogP contribution in [-0.4, -0.2) is 5.91 Å². The highest BCUT2D eigenvalue weighted by Gasteiger charge is 2.12. The highest BCUT2D eigenvalue weighted by molar-refractivity contribution is 14.1. The maximum atomic E-state index is 11.7. The zero-order valence-electron chi connectivity index (χ0n) is 8.04. The van der Waals surface area contributed by atoms with Crippen molar-refractivity contribution in [2.24, 2.45) is 0 Å². The standard InChI is InChI=1S/C11H7ClINO2/c12-10-9(5-6-16-10)11(15)14-8-3-1-7(13)2-4-8/h1-6H,(H,14,15). The van der Waals surface area contributed by atoms with Crippen LogP contribution >= 0.6 is 34.2 Å². The quantitative estimate of drug-likeness (QED) is 0.840. The van der Waals surface area contributed by atoms with Crippen molar-refractivity contribution in [2.75, 3.05) is 5.32 Å². The van der Waals surface area contributed by atoms with Crippen LogP contribution in [0.2, 0.25) is 5.22 Å². The van der Waals surface area contributed by atoms with Gasteiger partial charge in [-0.15, -0.1) is 0 Å². The fraction of sp³-hybridized carbons (Fsp3) is 0. The number of hydrogen-bond donors (Lipinski definition) is 1. The van der Waals surface area contributed by atoms with Crippen molar-refractivity contribution in [1.82, 2.24) is 0 Å². The molecule has 0 bridgehead atoms. The van der Waals surface area contributed by atoms with Gasteiger partial charge < -0.3 is 9.73 Å². The van der Waals surface area contributed by atoms with E-state index in [4.69, 9.17) is 16.0 Å². The zero-order valence-corrected chi connectivity index (χ0v) is 10.9. The van der Waals surface area contributed by atoms with Gasteiger partial charge in [0.1, 0.15) is 0 Å². The lowest BCUT2D eigenvalue weighted by Gasteiger charge is -2.03. The molecule has 0 radical (unpaired) electrons. The third-order valence-electron chi connectivity index (χ3n) is 1.96. The van der Waals surface area contributed by atoms with Crippen LogP contribution in [0.15, 0.2) is 41.0 Å². The highest BCUT2D eigenvalue weighted by atomic mass is 127. The minimum Gasteiger partial charge on any atom is -0.452 e. The topological polar surface area (TPSA) is 42.2 Å². The number of halogens is 2. The maximum Gasteiger partial charge on any atom is 0.260 e. The van der Waals surface area contributed by atoms with E-state index >= 15 is 0 Å². The van der Waals surface area contributed by atoms with Gasteiger partial charge >= 0.3 is 0 Å². The van der Waals surface area contributed by atoms with Crippen LogP contribution in [0, 0.1) is 3.57 Å². The lowest BCUT2D eigenvalue weighted by atomic mass is 10.3. The molecule has 1 N–H and O–H groups in total. The molecule has 2 aromatic rings. The van der Waals surface area contributed by atoms with Gasteiger partial charge in [0.2, 0.25) is 5.22 Å². The molecule has 0 spiro atoms. The third kappa shape index (κ3) is 2.56. The van der Waals surface area contributed by atoms with Crippen molar-refractivity contribution in [3.05, 3.63) is 50.9 Å². The monoisotopic (exact) mass is 347 g/mol. The Labute approximate surface area is 111 Å². The minimum absolute atomic E-state index is 0.100. The summed E-state index contributed by atoms with van der Waals surface area (Å²) in [6.45, 7) is 0. The lowest BCUT2D eigenvalue weighted by Crippen LogP contribution is -2.11. The van der Waals surface area contributed by atoms with Crippen molar-refractivity contribution < 1.29 is 9.21 Å². The first-order valence-corrected chi connectivity index (χ1v) is 5.92. The van der Waals surface area contributed by atoms with E-state index < -0.39 is 0 Å². The van der Waals surface area contributed by atoms with E-state index in [-0.39, 0.29) is 11.1 Å². The Morgan fingerprint density at radius 1 is 1.25 bits per heavy atom. The predicted molar refractivity (Wildman–Crippen MR) is 70.8 cm³/mol. The second kappa shape index (κ2) is 4.88. The van der Waals surface area contributed by atoms with E-state index in [1.807, 2.05) is 24.3 Å². The Kier molecular flexibility index (Phi) is 3.50. The molecular weight excluding hydrogens is 340 g/mol. The Balaban J connectivity index is 2.14. The molecule has 82 valence electrons. The summed E-state index contributed by atoms with van der Waals surface area (Å²) in [4.78, 5) is 11.7. The number of nitrogens with one attached hydrogen (secondary N) is 1. The number of anilines is 1. The number of amides is 1. The maximum absolute atomic E-state index is 11.7. The molecular formula is C11H7ClINO2. The van der Waals surface area contributed by atoms with Crippen molar-refractivity contribution in [3.63, 3.8) is 0 Å². The summed E-state index contributed by atoms with van der Waals surface area (Å²) >= 11 is 7.89.